The molecule has 13 heteroatoms. The molecule has 0 spiro atoms. The Morgan fingerprint density at radius 1 is 1.24 bits per heavy atom. The topological polar surface area (TPSA) is 91.2 Å². The molecule has 0 unspecified atom stereocenters. The van der Waals surface area contributed by atoms with Crippen molar-refractivity contribution in [1.82, 2.24) is 14.5 Å². The molecule has 0 aliphatic rings. The minimum Gasteiger partial charge on any atom is -0.355 e. The molecule has 7 nitrogen and oxygen atoms in total. The van der Waals surface area contributed by atoms with Crippen molar-refractivity contribution in [2.24, 2.45) is 0 Å². The normalized spacial score (nSPS) is 12.1. The monoisotopic (exact) mass is 469 g/mol. The van der Waals surface area contributed by atoms with Crippen molar-refractivity contribution in [3.05, 3.63) is 38.4 Å². The van der Waals surface area contributed by atoms with Crippen molar-refractivity contribution in [2.45, 2.75) is 31.8 Å². The molecule has 0 N–H and O–H groups in total. The minimum atomic E-state index is -6.08. The molecule has 2 aromatic heterocycles. The maximum atomic E-state index is 12.9. The van der Waals surface area contributed by atoms with Gasteiger partial charge in [-0.05, 0) is 18.1 Å². The minimum absolute atomic E-state index is 0.0620. The van der Waals surface area contributed by atoms with Crippen molar-refractivity contribution in [2.75, 3.05) is 0 Å². The van der Waals surface area contributed by atoms with E-state index in [0.29, 0.717) is 0 Å². The molecule has 0 aromatic carbocycles. The maximum absolute atomic E-state index is 12.9. The molecule has 0 amide bonds. The van der Waals surface area contributed by atoms with Crippen LogP contribution in [0.4, 0.5) is 13.2 Å². The summed E-state index contributed by atoms with van der Waals surface area (Å²) in [7, 11) is -6.08. The van der Waals surface area contributed by atoms with Gasteiger partial charge in [0.1, 0.15) is 16.1 Å². The number of pyridine rings is 1. The molecule has 0 aliphatic heterocycles. The Labute approximate surface area is 173 Å². The fourth-order valence-corrected chi connectivity index (χ4v) is 3.20. The van der Waals surface area contributed by atoms with Crippen molar-refractivity contribution in [1.29, 1.82) is 0 Å². The standard InChI is InChI=1S/C16H12Cl2F3N3O4S/c1-4-5-24-13(9-6-10(17)22-11(18)7-9)23-14(12(8(2)3)15(24)25)28-29(26,27)16(19,20)21/h1,6-8H,5H2,2-3H3. The molecule has 156 valence electrons. The van der Waals surface area contributed by atoms with E-state index >= 15 is 0 Å². The fraction of sp³-hybridized carbons (Fsp3) is 0.312. The molecular formula is C16H12Cl2F3N3O4S. The lowest BCUT2D eigenvalue weighted by molar-refractivity contribution is -0.0501. The average Bonchev–Trinajstić information content (AvgIpc) is 2.54. The first-order chi connectivity index (χ1) is 13.3. The second-order valence-corrected chi connectivity index (χ2v) is 8.20. The van der Waals surface area contributed by atoms with Crippen LogP contribution in [0.15, 0.2) is 16.9 Å². The highest BCUT2D eigenvalue weighted by molar-refractivity contribution is 7.87. The summed E-state index contributed by atoms with van der Waals surface area (Å²) in [6.45, 7) is 2.59. The highest BCUT2D eigenvalue weighted by atomic mass is 35.5. The zero-order chi connectivity index (χ0) is 22.1. The number of hydrogen-bond acceptors (Lipinski definition) is 6. The summed E-state index contributed by atoms with van der Waals surface area (Å²) < 4.78 is 66.5. The van der Waals surface area contributed by atoms with Crippen LogP contribution in [0.1, 0.15) is 25.3 Å². The zero-order valence-corrected chi connectivity index (χ0v) is 17.1. The number of halogens is 5. The van der Waals surface area contributed by atoms with Gasteiger partial charge in [0, 0.05) is 5.56 Å². The second kappa shape index (κ2) is 8.22. The van der Waals surface area contributed by atoms with E-state index in [-0.39, 0.29) is 28.2 Å². The van der Waals surface area contributed by atoms with Crippen LogP contribution in [0.3, 0.4) is 0 Å². The first-order valence-electron chi connectivity index (χ1n) is 7.71. The van der Waals surface area contributed by atoms with E-state index in [4.69, 9.17) is 29.6 Å². The van der Waals surface area contributed by atoms with Crippen LogP contribution in [-0.4, -0.2) is 28.5 Å². The van der Waals surface area contributed by atoms with Crippen molar-refractivity contribution in [3.8, 4) is 29.6 Å². The predicted octanol–water partition coefficient (Wildman–Crippen LogP) is 3.60. The van der Waals surface area contributed by atoms with E-state index in [0.717, 1.165) is 4.57 Å². The largest absolute Gasteiger partial charge is 0.534 e. The Morgan fingerprint density at radius 3 is 2.24 bits per heavy atom. The molecule has 29 heavy (non-hydrogen) atoms. The van der Waals surface area contributed by atoms with E-state index in [1.54, 1.807) is 0 Å². The van der Waals surface area contributed by atoms with Gasteiger partial charge in [0.15, 0.2) is 0 Å². The van der Waals surface area contributed by atoms with Crippen molar-refractivity contribution in [3.63, 3.8) is 0 Å². The molecule has 0 saturated heterocycles. The molecule has 0 saturated carbocycles. The van der Waals surface area contributed by atoms with Crippen molar-refractivity contribution >= 4 is 33.3 Å². The molecule has 0 aliphatic carbocycles. The van der Waals surface area contributed by atoms with Crippen LogP contribution in [0.5, 0.6) is 5.88 Å². The van der Waals surface area contributed by atoms with Gasteiger partial charge >= 0.3 is 15.6 Å². The van der Waals surface area contributed by atoms with Gasteiger partial charge in [-0.25, -0.2) is 4.98 Å². The van der Waals surface area contributed by atoms with E-state index in [2.05, 4.69) is 20.1 Å². The summed E-state index contributed by atoms with van der Waals surface area (Å²) in [6.07, 6.45) is 5.28. The van der Waals surface area contributed by atoms with Crippen LogP contribution in [0.25, 0.3) is 11.4 Å². The summed E-state index contributed by atoms with van der Waals surface area (Å²) in [5.41, 5.74) is -6.94. The van der Waals surface area contributed by atoms with E-state index < -0.39 is 38.5 Å². The Kier molecular flexibility index (Phi) is 6.51. The Bertz CT molecular complexity index is 1140. The van der Waals surface area contributed by atoms with Gasteiger partial charge < -0.3 is 4.18 Å². The number of rotatable bonds is 5. The highest BCUT2D eigenvalue weighted by Crippen LogP contribution is 2.32. The molecule has 2 rings (SSSR count). The molecule has 2 aromatic rings. The van der Waals surface area contributed by atoms with E-state index in [9.17, 15) is 26.4 Å². The molecular weight excluding hydrogens is 458 g/mol. The Hall–Kier alpha value is -2.29. The van der Waals surface area contributed by atoms with Crippen LogP contribution < -0.4 is 9.74 Å². The summed E-state index contributed by atoms with van der Waals surface area (Å²) in [6, 6.07) is 2.44. The number of terminal acetylenes is 1. The maximum Gasteiger partial charge on any atom is 0.534 e. The molecule has 0 radical (unpaired) electrons. The van der Waals surface area contributed by atoms with Gasteiger partial charge in [-0.1, -0.05) is 43.0 Å². The van der Waals surface area contributed by atoms with Crippen LogP contribution >= 0.6 is 23.2 Å². The number of hydrogen-bond donors (Lipinski definition) is 0. The van der Waals surface area contributed by atoms with Crippen LogP contribution in [0, 0.1) is 12.3 Å². The number of nitrogens with zero attached hydrogens (tertiary/aromatic N) is 3. The third-order valence-corrected chi connectivity index (χ3v) is 4.82. The summed E-state index contributed by atoms with van der Waals surface area (Å²) in [5.74, 6) is 0.171. The fourth-order valence-electron chi connectivity index (χ4n) is 2.31. The lowest BCUT2D eigenvalue weighted by Gasteiger charge is -2.18. The highest BCUT2D eigenvalue weighted by Gasteiger charge is 2.49. The Balaban J connectivity index is 2.89. The van der Waals surface area contributed by atoms with Gasteiger partial charge in [-0.2, -0.15) is 26.6 Å². The molecule has 0 fully saturated rings. The average molecular weight is 470 g/mol. The van der Waals surface area contributed by atoms with Crippen LogP contribution in [-0.2, 0) is 16.7 Å². The van der Waals surface area contributed by atoms with Crippen molar-refractivity contribution < 1.29 is 25.8 Å². The summed E-state index contributed by atoms with van der Waals surface area (Å²) >= 11 is 11.7. The zero-order valence-electron chi connectivity index (χ0n) is 14.8. The molecule has 2 heterocycles. The second-order valence-electron chi connectivity index (χ2n) is 5.89. The van der Waals surface area contributed by atoms with E-state index in [1.807, 2.05) is 0 Å². The van der Waals surface area contributed by atoms with Gasteiger partial charge in [0.25, 0.3) is 5.56 Å². The third kappa shape index (κ3) is 4.83. The van der Waals surface area contributed by atoms with Gasteiger partial charge in [0.05, 0.1) is 12.1 Å². The first-order valence-corrected chi connectivity index (χ1v) is 9.87. The quantitative estimate of drug-likeness (QED) is 0.287. The third-order valence-electron chi connectivity index (χ3n) is 3.49. The predicted molar refractivity (Wildman–Crippen MR) is 100 cm³/mol. The molecule has 0 bridgehead atoms. The SMILES string of the molecule is C#CCn1c(-c2cc(Cl)nc(Cl)c2)nc(OS(=O)(=O)C(F)(F)F)c(C(C)C)c1=O. The van der Waals surface area contributed by atoms with Gasteiger partial charge in [-0.3, -0.25) is 9.36 Å². The van der Waals surface area contributed by atoms with Gasteiger partial charge in [0.2, 0.25) is 5.88 Å². The smallest absolute Gasteiger partial charge is 0.355 e. The lowest BCUT2D eigenvalue weighted by Crippen LogP contribution is -2.32. The van der Waals surface area contributed by atoms with Crippen LogP contribution in [0.2, 0.25) is 10.3 Å². The Morgan fingerprint density at radius 2 is 1.79 bits per heavy atom. The summed E-state index contributed by atoms with van der Waals surface area (Å²) in [4.78, 5) is 20.5. The summed E-state index contributed by atoms with van der Waals surface area (Å²) in [5, 5.41) is -0.209. The lowest BCUT2D eigenvalue weighted by atomic mass is 10.1. The van der Waals surface area contributed by atoms with E-state index in [1.165, 1.54) is 26.0 Å². The molecule has 0 atom stereocenters. The number of aromatic nitrogens is 3. The first kappa shape index (κ1) is 23.0. The van der Waals surface area contributed by atoms with Gasteiger partial charge in [-0.15, -0.1) is 6.42 Å². The number of alkyl halides is 3.